The van der Waals surface area contributed by atoms with E-state index in [0.29, 0.717) is 11.1 Å². The van der Waals surface area contributed by atoms with Crippen molar-refractivity contribution in [1.82, 2.24) is 5.32 Å². The van der Waals surface area contributed by atoms with Gasteiger partial charge in [0.15, 0.2) is 0 Å². The first-order chi connectivity index (χ1) is 8.68. The highest BCUT2D eigenvalue weighted by Crippen LogP contribution is 2.09. The van der Waals surface area contributed by atoms with Crippen molar-refractivity contribution in [2.45, 2.75) is 13.5 Å². The van der Waals surface area contributed by atoms with E-state index in [4.69, 9.17) is 0 Å². The molecule has 0 fully saturated rings. The molecular formula is C15H14FNO. The van der Waals surface area contributed by atoms with Gasteiger partial charge in [0.05, 0.1) is 0 Å². The van der Waals surface area contributed by atoms with Gasteiger partial charge in [-0.2, -0.15) is 0 Å². The molecule has 0 aliphatic heterocycles. The average Bonchev–Trinajstić information content (AvgIpc) is 2.38. The first-order valence-electron chi connectivity index (χ1n) is 5.75. The van der Waals surface area contributed by atoms with Crippen LogP contribution in [0.25, 0.3) is 0 Å². The minimum absolute atomic E-state index is 0.184. The van der Waals surface area contributed by atoms with Gasteiger partial charge in [0, 0.05) is 17.7 Å². The summed E-state index contributed by atoms with van der Waals surface area (Å²) in [6.07, 6.45) is 0. The SMILES string of the molecule is Cc1ccccc1C(=O)NCc1ccccc1F. The second-order valence-electron chi connectivity index (χ2n) is 4.09. The van der Waals surface area contributed by atoms with Crippen molar-refractivity contribution in [3.05, 3.63) is 71.0 Å². The molecule has 0 saturated carbocycles. The maximum absolute atomic E-state index is 13.4. The van der Waals surface area contributed by atoms with Crippen LogP contribution in [0.2, 0.25) is 0 Å². The van der Waals surface area contributed by atoms with E-state index >= 15 is 0 Å². The molecule has 2 aromatic carbocycles. The molecule has 3 heteroatoms. The number of rotatable bonds is 3. The average molecular weight is 243 g/mol. The minimum atomic E-state index is -0.303. The van der Waals surface area contributed by atoms with Gasteiger partial charge in [0.2, 0.25) is 0 Å². The topological polar surface area (TPSA) is 29.1 Å². The van der Waals surface area contributed by atoms with E-state index in [1.54, 1.807) is 24.3 Å². The fourth-order valence-electron chi connectivity index (χ4n) is 1.74. The van der Waals surface area contributed by atoms with Gasteiger partial charge < -0.3 is 5.32 Å². The Bertz CT molecular complexity index is 566. The Labute approximate surface area is 105 Å². The fourth-order valence-corrected chi connectivity index (χ4v) is 1.74. The van der Waals surface area contributed by atoms with Gasteiger partial charge in [0.1, 0.15) is 5.82 Å². The minimum Gasteiger partial charge on any atom is -0.348 e. The van der Waals surface area contributed by atoms with E-state index in [2.05, 4.69) is 5.32 Å². The van der Waals surface area contributed by atoms with Crippen molar-refractivity contribution in [2.75, 3.05) is 0 Å². The zero-order valence-electron chi connectivity index (χ0n) is 10.1. The van der Waals surface area contributed by atoms with Crippen LogP contribution in [-0.2, 0) is 6.54 Å². The summed E-state index contributed by atoms with van der Waals surface area (Å²) in [5.41, 5.74) is 2.01. The quantitative estimate of drug-likeness (QED) is 0.882. The highest BCUT2D eigenvalue weighted by Gasteiger charge is 2.08. The first kappa shape index (κ1) is 12.3. The van der Waals surface area contributed by atoms with Crippen LogP contribution in [0, 0.1) is 12.7 Å². The third-order valence-corrected chi connectivity index (χ3v) is 2.79. The number of hydrogen-bond donors (Lipinski definition) is 1. The molecule has 1 amide bonds. The lowest BCUT2D eigenvalue weighted by atomic mass is 10.1. The summed E-state index contributed by atoms with van der Waals surface area (Å²) in [5.74, 6) is -0.487. The Balaban J connectivity index is 2.06. The summed E-state index contributed by atoms with van der Waals surface area (Å²) in [5, 5.41) is 2.72. The predicted molar refractivity (Wildman–Crippen MR) is 68.7 cm³/mol. The number of nitrogens with one attached hydrogen (secondary N) is 1. The van der Waals surface area contributed by atoms with E-state index in [1.165, 1.54) is 6.07 Å². The Morgan fingerprint density at radius 2 is 1.78 bits per heavy atom. The molecule has 0 aliphatic carbocycles. The van der Waals surface area contributed by atoms with Crippen LogP contribution in [0.3, 0.4) is 0 Å². The van der Waals surface area contributed by atoms with Gasteiger partial charge >= 0.3 is 0 Å². The molecule has 0 radical (unpaired) electrons. The largest absolute Gasteiger partial charge is 0.348 e. The Morgan fingerprint density at radius 3 is 2.50 bits per heavy atom. The lowest BCUT2D eigenvalue weighted by Gasteiger charge is -2.08. The molecule has 0 spiro atoms. The van der Waals surface area contributed by atoms with Gasteiger partial charge in [-0.3, -0.25) is 4.79 Å². The molecule has 0 heterocycles. The normalized spacial score (nSPS) is 10.1. The number of amides is 1. The standard InChI is InChI=1S/C15H14FNO/c1-11-6-2-4-8-13(11)15(18)17-10-12-7-3-5-9-14(12)16/h2-9H,10H2,1H3,(H,17,18). The smallest absolute Gasteiger partial charge is 0.251 e. The fraction of sp³-hybridized carbons (Fsp3) is 0.133. The van der Waals surface area contributed by atoms with E-state index in [1.807, 2.05) is 25.1 Å². The number of hydrogen-bond acceptors (Lipinski definition) is 1. The van der Waals surface area contributed by atoms with E-state index in [-0.39, 0.29) is 18.3 Å². The van der Waals surface area contributed by atoms with Crippen molar-refractivity contribution < 1.29 is 9.18 Å². The summed E-state index contributed by atoms with van der Waals surface area (Å²) in [6, 6.07) is 13.7. The Hall–Kier alpha value is -2.16. The van der Waals surface area contributed by atoms with Crippen molar-refractivity contribution in [2.24, 2.45) is 0 Å². The Kier molecular flexibility index (Phi) is 3.72. The molecule has 0 aliphatic rings. The van der Waals surface area contributed by atoms with Crippen molar-refractivity contribution in [3.8, 4) is 0 Å². The monoisotopic (exact) mass is 243 g/mol. The lowest BCUT2D eigenvalue weighted by Crippen LogP contribution is -2.24. The molecule has 2 aromatic rings. The number of benzene rings is 2. The first-order valence-corrected chi connectivity index (χ1v) is 5.75. The maximum atomic E-state index is 13.4. The molecule has 0 saturated heterocycles. The highest BCUT2D eigenvalue weighted by molar-refractivity contribution is 5.95. The van der Waals surface area contributed by atoms with Gasteiger partial charge in [-0.1, -0.05) is 36.4 Å². The summed E-state index contributed by atoms with van der Waals surface area (Å²) >= 11 is 0. The van der Waals surface area contributed by atoms with Crippen molar-refractivity contribution in [1.29, 1.82) is 0 Å². The lowest BCUT2D eigenvalue weighted by molar-refractivity contribution is 0.0950. The zero-order chi connectivity index (χ0) is 13.0. The van der Waals surface area contributed by atoms with Crippen molar-refractivity contribution in [3.63, 3.8) is 0 Å². The molecule has 1 N–H and O–H groups in total. The molecule has 2 rings (SSSR count). The number of halogens is 1. The van der Waals surface area contributed by atoms with Gasteiger partial charge in [-0.05, 0) is 24.6 Å². The van der Waals surface area contributed by atoms with Gasteiger partial charge in [0.25, 0.3) is 5.91 Å². The zero-order valence-corrected chi connectivity index (χ0v) is 10.1. The summed E-state index contributed by atoms with van der Waals surface area (Å²) in [7, 11) is 0. The van der Waals surface area contributed by atoms with Crippen LogP contribution in [-0.4, -0.2) is 5.91 Å². The van der Waals surface area contributed by atoms with E-state index in [9.17, 15) is 9.18 Å². The molecule has 92 valence electrons. The second kappa shape index (κ2) is 5.45. The van der Waals surface area contributed by atoms with Crippen LogP contribution in [0.1, 0.15) is 21.5 Å². The van der Waals surface area contributed by atoms with Gasteiger partial charge in [-0.15, -0.1) is 0 Å². The molecule has 0 atom stereocenters. The predicted octanol–water partition coefficient (Wildman–Crippen LogP) is 3.06. The molecular weight excluding hydrogens is 229 g/mol. The van der Waals surface area contributed by atoms with E-state index in [0.717, 1.165) is 5.56 Å². The Morgan fingerprint density at radius 1 is 1.11 bits per heavy atom. The molecule has 0 unspecified atom stereocenters. The third-order valence-electron chi connectivity index (χ3n) is 2.79. The number of carbonyl (C=O) groups is 1. The van der Waals surface area contributed by atoms with Crippen LogP contribution in [0.4, 0.5) is 4.39 Å². The molecule has 18 heavy (non-hydrogen) atoms. The van der Waals surface area contributed by atoms with Crippen LogP contribution in [0.5, 0.6) is 0 Å². The second-order valence-corrected chi connectivity index (χ2v) is 4.09. The summed E-state index contributed by atoms with van der Waals surface area (Å²) in [6.45, 7) is 2.07. The maximum Gasteiger partial charge on any atom is 0.251 e. The van der Waals surface area contributed by atoms with Crippen LogP contribution >= 0.6 is 0 Å². The summed E-state index contributed by atoms with van der Waals surface area (Å²) < 4.78 is 13.4. The molecule has 0 aromatic heterocycles. The number of carbonyl (C=O) groups excluding carboxylic acids is 1. The number of aryl methyl sites for hydroxylation is 1. The van der Waals surface area contributed by atoms with E-state index < -0.39 is 0 Å². The molecule has 0 bridgehead atoms. The highest BCUT2D eigenvalue weighted by atomic mass is 19.1. The van der Waals surface area contributed by atoms with Crippen LogP contribution in [0.15, 0.2) is 48.5 Å². The van der Waals surface area contributed by atoms with Crippen LogP contribution < -0.4 is 5.32 Å². The van der Waals surface area contributed by atoms with Gasteiger partial charge in [-0.25, -0.2) is 4.39 Å². The summed E-state index contributed by atoms with van der Waals surface area (Å²) in [4.78, 5) is 11.9. The third kappa shape index (κ3) is 2.74. The van der Waals surface area contributed by atoms with Crippen molar-refractivity contribution >= 4 is 5.91 Å². The molecule has 2 nitrogen and oxygen atoms in total.